The molecule has 3 aromatic rings. The number of rotatable bonds is 6. The van der Waals surface area contributed by atoms with Crippen LogP contribution in [0.1, 0.15) is 28.2 Å². The molecular weight excluding hydrogens is 392 g/mol. The van der Waals surface area contributed by atoms with Crippen LogP contribution in [0.5, 0.6) is 0 Å². The molecule has 0 fully saturated rings. The number of nitrogens with zero attached hydrogens (tertiary/aromatic N) is 2. The molecular formula is C25H24N2O4. The quantitative estimate of drug-likeness (QED) is 0.649. The van der Waals surface area contributed by atoms with Crippen molar-refractivity contribution in [2.24, 2.45) is 0 Å². The summed E-state index contributed by atoms with van der Waals surface area (Å²) in [5.74, 6) is -1.16. The number of aromatic nitrogens is 1. The first-order valence-electron chi connectivity index (χ1n) is 10.2. The van der Waals surface area contributed by atoms with Crippen molar-refractivity contribution in [3.63, 3.8) is 0 Å². The van der Waals surface area contributed by atoms with Crippen LogP contribution in [0.15, 0.2) is 67.0 Å². The number of pyridine rings is 1. The Bertz CT molecular complexity index is 1080. The molecule has 2 aromatic carbocycles. The maximum atomic E-state index is 12.8. The molecule has 1 heterocycles. The molecule has 31 heavy (non-hydrogen) atoms. The topological polar surface area (TPSA) is 79.7 Å². The van der Waals surface area contributed by atoms with Gasteiger partial charge < -0.3 is 9.84 Å². The van der Waals surface area contributed by atoms with E-state index in [4.69, 9.17) is 4.74 Å². The third-order valence-corrected chi connectivity index (χ3v) is 5.94. The van der Waals surface area contributed by atoms with Crippen LogP contribution in [0.25, 0.3) is 11.1 Å². The number of ether oxygens (including phenoxy) is 1. The first-order chi connectivity index (χ1) is 15.0. The van der Waals surface area contributed by atoms with E-state index in [9.17, 15) is 14.7 Å². The van der Waals surface area contributed by atoms with Crippen molar-refractivity contribution < 1.29 is 19.4 Å². The first kappa shape index (κ1) is 20.6. The molecule has 6 nitrogen and oxygen atoms in total. The van der Waals surface area contributed by atoms with Crippen LogP contribution in [0.2, 0.25) is 0 Å². The molecule has 6 heteroatoms. The van der Waals surface area contributed by atoms with E-state index in [1.54, 1.807) is 12.4 Å². The summed E-state index contributed by atoms with van der Waals surface area (Å²) >= 11 is 0. The van der Waals surface area contributed by atoms with E-state index in [0.29, 0.717) is 0 Å². The molecule has 0 saturated carbocycles. The van der Waals surface area contributed by atoms with E-state index in [1.165, 1.54) is 7.05 Å². The lowest BCUT2D eigenvalue weighted by molar-refractivity contribution is -0.142. The summed E-state index contributed by atoms with van der Waals surface area (Å²) in [6, 6.07) is 16.9. The van der Waals surface area contributed by atoms with Gasteiger partial charge in [0.15, 0.2) is 0 Å². The standard InChI is InChI=1S/C25H24N2O4/c1-16-11-12-26-14-17(16)13-23(24(28)29)27(2)25(30)31-15-22-20-9-5-3-7-18(20)19-8-4-6-10-21(19)22/h3-12,14,22-23H,13,15H2,1-2H3,(H,28,29)/t23-/m0/s1. The van der Waals surface area contributed by atoms with E-state index in [-0.39, 0.29) is 18.9 Å². The number of hydrogen-bond donors (Lipinski definition) is 1. The average molecular weight is 416 g/mol. The van der Waals surface area contributed by atoms with Crippen LogP contribution >= 0.6 is 0 Å². The number of carbonyl (C=O) groups is 2. The maximum absolute atomic E-state index is 12.8. The number of likely N-dealkylation sites (N-methyl/N-ethyl adjacent to an activating group) is 1. The van der Waals surface area contributed by atoms with Gasteiger partial charge in [-0.3, -0.25) is 9.88 Å². The zero-order valence-electron chi connectivity index (χ0n) is 17.5. The molecule has 1 aliphatic carbocycles. The second-order valence-corrected chi connectivity index (χ2v) is 7.78. The average Bonchev–Trinajstić information content (AvgIpc) is 3.10. The Balaban J connectivity index is 1.49. The fourth-order valence-electron chi connectivity index (χ4n) is 4.13. The third-order valence-electron chi connectivity index (χ3n) is 5.94. The zero-order chi connectivity index (χ0) is 22.0. The number of benzene rings is 2. The predicted molar refractivity (Wildman–Crippen MR) is 117 cm³/mol. The Kier molecular flexibility index (Phi) is 5.71. The number of carbonyl (C=O) groups excluding carboxylic acids is 1. The number of fused-ring (bicyclic) bond motifs is 3. The van der Waals surface area contributed by atoms with Crippen molar-refractivity contribution in [2.45, 2.75) is 25.3 Å². The fourth-order valence-corrected chi connectivity index (χ4v) is 4.13. The molecule has 0 spiro atoms. The lowest BCUT2D eigenvalue weighted by Gasteiger charge is -2.25. The van der Waals surface area contributed by atoms with Crippen molar-refractivity contribution >= 4 is 12.1 Å². The van der Waals surface area contributed by atoms with Crippen molar-refractivity contribution in [2.75, 3.05) is 13.7 Å². The second kappa shape index (κ2) is 8.60. The van der Waals surface area contributed by atoms with Gasteiger partial charge in [0.05, 0.1) is 0 Å². The molecule has 1 amide bonds. The third kappa shape index (κ3) is 4.01. The van der Waals surface area contributed by atoms with Crippen LogP contribution in [-0.2, 0) is 16.0 Å². The zero-order valence-corrected chi connectivity index (χ0v) is 17.5. The van der Waals surface area contributed by atoms with Gasteiger partial charge in [0.1, 0.15) is 12.6 Å². The van der Waals surface area contributed by atoms with E-state index < -0.39 is 18.1 Å². The molecule has 0 unspecified atom stereocenters. The van der Waals surface area contributed by atoms with Gasteiger partial charge in [-0.15, -0.1) is 0 Å². The van der Waals surface area contributed by atoms with Crippen molar-refractivity contribution in [1.82, 2.24) is 9.88 Å². The normalized spacial score (nSPS) is 13.2. The molecule has 0 bridgehead atoms. The van der Waals surface area contributed by atoms with Crippen LogP contribution in [0.4, 0.5) is 4.79 Å². The van der Waals surface area contributed by atoms with Gasteiger partial charge in [-0.1, -0.05) is 48.5 Å². The number of aryl methyl sites for hydroxylation is 1. The SMILES string of the molecule is Cc1ccncc1C[C@@H](C(=O)O)N(C)C(=O)OCC1c2ccccc2-c2ccccc21. The minimum absolute atomic E-state index is 0.0754. The minimum Gasteiger partial charge on any atom is -0.480 e. The molecule has 1 N–H and O–H groups in total. The summed E-state index contributed by atoms with van der Waals surface area (Å²) in [5, 5.41) is 9.71. The highest BCUT2D eigenvalue weighted by Gasteiger charge is 2.32. The largest absolute Gasteiger partial charge is 0.480 e. The number of carboxylic acids is 1. The molecule has 1 aliphatic rings. The second-order valence-electron chi connectivity index (χ2n) is 7.78. The summed E-state index contributed by atoms with van der Waals surface area (Å²) in [6.45, 7) is 2.04. The maximum Gasteiger partial charge on any atom is 0.410 e. The summed E-state index contributed by atoms with van der Waals surface area (Å²) in [7, 11) is 1.46. The number of carboxylic acid groups (broad SMARTS) is 1. The molecule has 4 rings (SSSR count). The Morgan fingerprint density at radius 3 is 2.26 bits per heavy atom. The predicted octanol–water partition coefficient (Wildman–Crippen LogP) is 4.27. The Labute approximate surface area is 181 Å². The fraction of sp³-hybridized carbons (Fsp3) is 0.240. The van der Waals surface area contributed by atoms with Crippen LogP contribution in [0, 0.1) is 6.92 Å². The smallest absolute Gasteiger partial charge is 0.410 e. The molecule has 158 valence electrons. The summed E-state index contributed by atoms with van der Waals surface area (Å²) in [5.41, 5.74) is 6.22. The van der Waals surface area contributed by atoms with E-state index in [2.05, 4.69) is 17.1 Å². The minimum atomic E-state index is -1.08. The van der Waals surface area contributed by atoms with Crippen molar-refractivity contribution in [3.8, 4) is 11.1 Å². The molecule has 0 aliphatic heterocycles. The monoisotopic (exact) mass is 416 g/mol. The highest BCUT2D eigenvalue weighted by molar-refractivity contribution is 5.81. The van der Waals surface area contributed by atoms with Gasteiger partial charge in [-0.25, -0.2) is 9.59 Å². The summed E-state index contributed by atoms with van der Waals surface area (Å²) in [4.78, 5) is 29.9. The van der Waals surface area contributed by atoms with Gasteiger partial charge in [0, 0.05) is 31.8 Å². The van der Waals surface area contributed by atoms with E-state index >= 15 is 0 Å². The highest BCUT2D eigenvalue weighted by atomic mass is 16.6. The Morgan fingerprint density at radius 1 is 1.06 bits per heavy atom. The van der Waals surface area contributed by atoms with Crippen LogP contribution in [0.3, 0.4) is 0 Å². The van der Waals surface area contributed by atoms with Crippen LogP contribution in [-0.4, -0.2) is 46.7 Å². The summed E-state index contributed by atoms with van der Waals surface area (Å²) < 4.78 is 5.61. The van der Waals surface area contributed by atoms with Gasteiger partial charge in [-0.05, 0) is 46.4 Å². The van der Waals surface area contributed by atoms with E-state index in [0.717, 1.165) is 38.3 Å². The molecule has 0 radical (unpaired) electrons. The van der Waals surface area contributed by atoms with Crippen molar-refractivity contribution in [1.29, 1.82) is 0 Å². The molecule has 1 atom stereocenters. The Hall–Kier alpha value is -3.67. The van der Waals surface area contributed by atoms with E-state index in [1.807, 2.05) is 49.4 Å². The van der Waals surface area contributed by atoms with Gasteiger partial charge >= 0.3 is 12.1 Å². The lowest BCUT2D eigenvalue weighted by Crippen LogP contribution is -2.44. The van der Waals surface area contributed by atoms with Gasteiger partial charge in [-0.2, -0.15) is 0 Å². The lowest BCUT2D eigenvalue weighted by atomic mass is 9.98. The van der Waals surface area contributed by atoms with Gasteiger partial charge in [0.2, 0.25) is 0 Å². The number of hydrogen-bond acceptors (Lipinski definition) is 4. The van der Waals surface area contributed by atoms with Crippen LogP contribution < -0.4 is 0 Å². The molecule has 1 aromatic heterocycles. The summed E-state index contributed by atoms with van der Waals surface area (Å²) in [6.07, 6.45) is 2.80. The van der Waals surface area contributed by atoms with Gasteiger partial charge in [0.25, 0.3) is 0 Å². The Morgan fingerprint density at radius 2 is 1.68 bits per heavy atom. The number of aliphatic carboxylic acids is 1. The number of amides is 1. The molecule has 0 saturated heterocycles. The van der Waals surface area contributed by atoms with Crippen molar-refractivity contribution in [3.05, 3.63) is 89.2 Å². The first-order valence-corrected chi connectivity index (χ1v) is 10.2. The highest BCUT2D eigenvalue weighted by Crippen LogP contribution is 2.44.